The van der Waals surface area contributed by atoms with E-state index in [1.54, 1.807) is 7.11 Å². The SMILES string of the molecule is CCc1ccc(CC(CO)Cc2cccc(OC)c2)s1. The van der Waals surface area contributed by atoms with Crippen LogP contribution in [0.25, 0.3) is 0 Å². The number of methoxy groups -OCH3 is 1. The lowest BCUT2D eigenvalue weighted by molar-refractivity contribution is 0.225. The number of benzene rings is 1. The minimum Gasteiger partial charge on any atom is -0.497 e. The summed E-state index contributed by atoms with van der Waals surface area (Å²) < 4.78 is 5.25. The van der Waals surface area contributed by atoms with Crippen molar-refractivity contribution >= 4 is 11.3 Å². The molecule has 108 valence electrons. The second-order valence-corrected chi connectivity index (χ2v) is 6.28. The highest BCUT2D eigenvalue weighted by molar-refractivity contribution is 7.11. The first-order chi connectivity index (χ1) is 9.75. The van der Waals surface area contributed by atoms with E-state index in [2.05, 4.69) is 31.2 Å². The Morgan fingerprint density at radius 3 is 2.60 bits per heavy atom. The van der Waals surface area contributed by atoms with Crippen molar-refractivity contribution in [1.82, 2.24) is 0 Å². The van der Waals surface area contributed by atoms with E-state index < -0.39 is 0 Å². The van der Waals surface area contributed by atoms with E-state index in [0.717, 1.165) is 25.0 Å². The number of aliphatic hydroxyl groups excluding tert-OH is 1. The highest BCUT2D eigenvalue weighted by atomic mass is 32.1. The number of hydrogen-bond acceptors (Lipinski definition) is 3. The third-order valence-corrected chi connectivity index (χ3v) is 4.72. The third-order valence-electron chi connectivity index (χ3n) is 3.47. The zero-order valence-electron chi connectivity index (χ0n) is 12.1. The quantitative estimate of drug-likeness (QED) is 0.842. The minimum atomic E-state index is 0.219. The van der Waals surface area contributed by atoms with Crippen LogP contribution in [0.2, 0.25) is 0 Å². The topological polar surface area (TPSA) is 29.5 Å². The lowest BCUT2D eigenvalue weighted by Crippen LogP contribution is -2.12. The summed E-state index contributed by atoms with van der Waals surface area (Å²) in [6.45, 7) is 2.39. The first-order valence-corrected chi connectivity index (χ1v) is 7.88. The predicted octanol–water partition coefficient (Wildman–Crippen LogP) is 3.71. The van der Waals surface area contributed by atoms with Crippen molar-refractivity contribution in [2.75, 3.05) is 13.7 Å². The fraction of sp³-hybridized carbons (Fsp3) is 0.412. The molecule has 0 radical (unpaired) electrons. The van der Waals surface area contributed by atoms with E-state index in [1.807, 2.05) is 23.5 Å². The molecule has 1 unspecified atom stereocenters. The second kappa shape index (κ2) is 7.46. The minimum absolute atomic E-state index is 0.219. The first-order valence-electron chi connectivity index (χ1n) is 7.06. The van der Waals surface area contributed by atoms with Crippen LogP contribution in [0.15, 0.2) is 36.4 Å². The molecule has 3 heteroatoms. The molecule has 0 aliphatic carbocycles. The number of aliphatic hydroxyl groups is 1. The molecule has 0 saturated heterocycles. The van der Waals surface area contributed by atoms with Gasteiger partial charge in [0.05, 0.1) is 7.11 Å². The van der Waals surface area contributed by atoms with Crippen molar-refractivity contribution in [2.45, 2.75) is 26.2 Å². The van der Waals surface area contributed by atoms with Gasteiger partial charge in [-0.25, -0.2) is 0 Å². The van der Waals surface area contributed by atoms with Crippen LogP contribution in [0.1, 0.15) is 22.2 Å². The molecule has 0 aliphatic rings. The van der Waals surface area contributed by atoms with Crippen molar-refractivity contribution in [3.05, 3.63) is 51.7 Å². The monoisotopic (exact) mass is 290 g/mol. The average Bonchev–Trinajstić information content (AvgIpc) is 2.94. The summed E-state index contributed by atoms with van der Waals surface area (Å²) in [5, 5.41) is 9.61. The molecule has 1 aromatic carbocycles. The van der Waals surface area contributed by atoms with Gasteiger partial charge in [0, 0.05) is 16.4 Å². The maximum absolute atomic E-state index is 9.61. The molecule has 0 saturated carbocycles. The Morgan fingerprint density at radius 1 is 1.15 bits per heavy atom. The van der Waals surface area contributed by atoms with Crippen molar-refractivity contribution in [1.29, 1.82) is 0 Å². The van der Waals surface area contributed by atoms with Gasteiger partial charge in [0.2, 0.25) is 0 Å². The molecular weight excluding hydrogens is 268 g/mol. The number of aryl methyl sites for hydroxylation is 1. The summed E-state index contributed by atoms with van der Waals surface area (Å²) in [6, 6.07) is 12.5. The van der Waals surface area contributed by atoms with Gasteiger partial charge < -0.3 is 9.84 Å². The van der Waals surface area contributed by atoms with Gasteiger partial charge in [-0.2, -0.15) is 0 Å². The smallest absolute Gasteiger partial charge is 0.119 e. The molecule has 20 heavy (non-hydrogen) atoms. The zero-order chi connectivity index (χ0) is 14.4. The molecule has 0 spiro atoms. The van der Waals surface area contributed by atoms with E-state index in [4.69, 9.17) is 4.74 Å². The zero-order valence-corrected chi connectivity index (χ0v) is 13.0. The molecule has 2 aromatic rings. The van der Waals surface area contributed by atoms with E-state index in [-0.39, 0.29) is 12.5 Å². The van der Waals surface area contributed by atoms with Gasteiger partial charge in [0.15, 0.2) is 0 Å². The maximum atomic E-state index is 9.61. The Hall–Kier alpha value is -1.32. The van der Waals surface area contributed by atoms with Crippen LogP contribution in [0.3, 0.4) is 0 Å². The Bertz CT molecular complexity index is 533. The van der Waals surface area contributed by atoms with Crippen LogP contribution in [0, 0.1) is 5.92 Å². The lowest BCUT2D eigenvalue weighted by Gasteiger charge is -2.13. The molecule has 1 heterocycles. The lowest BCUT2D eigenvalue weighted by atomic mass is 9.96. The number of rotatable bonds is 7. The van der Waals surface area contributed by atoms with Crippen LogP contribution in [-0.2, 0) is 19.3 Å². The molecule has 0 amide bonds. The number of hydrogen-bond donors (Lipinski definition) is 1. The Morgan fingerprint density at radius 2 is 1.95 bits per heavy atom. The number of thiophene rings is 1. The van der Waals surface area contributed by atoms with E-state index in [0.29, 0.717) is 0 Å². The van der Waals surface area contributed by atoms with Gasteiger partial charge in [0.1, 0.15) is 5.75 Å². The summed E-state index contributed by atoms with van der Waals surface area (Å²) in [5.74, 6) is 1.15. The second-order valence-electron chi connectivity index (χ2n) is 5.03. The molecule has 0 bridgehead atoms. The van der Waals surface area contributed by atoms with Crippen molar-refractivity contribution in [3.63, 3.8) is 0 Å². The molecule has 1 atom stereocenters. The number of ether oxygens (including phenoxy) is 1. The van der Waals surface area contributed by atoms with Crippen LogP contribution in [0.4, 0.5) is 0 Å². The standard InChI is InChI=1S/C17H22O2S/c1-3-16-7-8-17(20-16)11-14(12-18)9-13-5-4-6-15(10-13)19-2/h4-8,10,14,18H,3,9,11-12H2,1-2H3. The van der Waals surface area contributed by atoms with Gasteiger partial charge in [-0.1, -0.05) is 19.1 Å². The molecule has 1 aromatic heterocycles. The fourth-order valence-electron chi connectivity index (χ4n) is 2.34. The highest BCUT2D eigenvalue weighted by Gasteiger charge is 2.12. The Kier molecular flexibility index (Phi) is 5.62. The summed E-state index contributed by atoms with van der Waals surface area (Å²) in [7, 11) is 1.68. The van der Waals surface area contributed by atoms with Crippen LogP contribution < -0.4 is 4.74 Å². The van der Waals surface area contributed by atoms with Gasteiger partial charge >= 0.3 is 0 Å². The van der Waals surface area contributed by atoms with Crippen molar-refractivity contribution in [2.24, 2.45) is 5.92 Å². The third kappa shape index (κ3) is 4.09. The van der Waals surface area contributed by atoms with Crippen molar-refractivity contribution < 1.29 is 9.84 Å². The van der Waals surface area contributed by atoms with Crippen LogP contribution in [-0.4, -0.2) is 18.8 Å². The predicted molar refractivity (Wildman–Crippen MR) is 84.7 cm³/mol. The van der Waals surface area contributed by atoms with Crippen molar-refractivity contribution in [3.8, 4) is 5.75 Å². The molecule has 2 rings (SSSR count). The molecule has 0 aliphatic heterocycles. The van der Waals surface area contributed by atoms with E-state index in [1.165, 1.54) is 15.3 Å². The first kappa shape index (κ1) is 15.1. The van der Waals surface area contributed by atoms with Crippen LogP contribution >= 0.6 is 11.3 Å². The van der Waals surface area contributed by atoms with Gasteiger partial charge in [-0.3, -0.25) is 0 Å². The van der Waals surface area contributed by atoms with Gasteiger partial charge in [0.25, 0.3) is 0 Å². The van der Waals surface area contributed by atoms with E-state index in [9.17, 15) is 5.11 Å². The highest BCUT2D eigenvalue weighted by Crippen LogP contribution is 2.23. The Balaban J connectivity index is 2.00. The normalized spacial score (nSPS) is 12.3. The largest absolute Gasteiger partial charge is 0.497 e. The molecule has 1 N–H and O–H groups in total. The van der Waals surface area contributed by atoms with Gasteiger partial charge in [-0.05, 0) is 55.0 Å². The molecular formula is C17H22O2S. The maximum Gasteiger partial charge on any atom is 0.119 e. The molecule has 2 nitrogen and oxygen atoms in total. The van der Waals surface area contributed by atoms with Crippen LogP contribution in [0.5, 0.6) is 5.75 Å². The fourth-order valence-corrected chi connectivity index (χ4v) is 3.41. The molecule has 0 fully saturated rings. The summed E-state index contributed by atoms with van der Waals surface area (Å²) >= 11 is 1.86. The average molecular weight is 290 g/mol. The summed E-state index contributed by atoms with van der Waals surface area (Å²) in [4.78, 5) is 2.78. The Labute approximate surface area is 125 Å². The van der Waals surface area contributed by atoms with Gasteiger partial charge in [-0.15, -0.1) is 11.3 Å². The summed E-state index contributed by atoms with van der Waals surface area (Å²) in [5.41, 5.74) is 1.22. The summed E-state index contributed by atoms with van der Waals surface area (Å²) in [6.07, 6.45) is 2.91. The van der Waals surface area contributed by atoms with E-state index >= 15 is 0 Å².